The Kier molecular flexibility index (Phi) is 4.04. The van der Waals surface area contributed by atoms with Crippen LogP contribution < -0.4 is 10.6 Å². The van der Waals surface area contributed by atoms with E-state index in [1.54, 1.807) is 0 Å². The highest BCUT2D eigenvalue weighted by molar-refractivity contribution is 5.83. The van der Waals surface area contributed by atoms with Crippen LogP contribution in [0.15, 0.2) is 0 Å². The third-order valence-electron chi connectivity index (χ3n) is 5.67. The van der Waals surface area contributed by atoms with Crippen LogP contribution in [0.4, 0.5) is 0 Å². The van der Waals surface area contributed by atoms with Crippen molar-refractivity contribution in [2.75, 3.05) is 26.2 Å². The van der Waals surface area contributed by atoms with Gasteiger partial charge in [0, 0.05) is 31.7 Å². The second-order valence-electron chi connectivity index (χ2n) is 7.25. The summed E-state index contributed by atoms with van der Waals surface area (Å²) in [5.41, 5.74) is -0.173. The molecule has 1 amide bonds. The third-order valence-corrected chi connectivity index (χ3v) is 5.67. The maximum atomic E-state index is 12.7. The standard InChI is InChI=1S/C16H29N3O/c1-12(2)16(7-8-17-11-16)15(20)18-13-5-9-19(10-6-13)14-3-4-14/h12-14,17H,3-11H2,1-2H3,(H,18,20). The van der Waals surface area contributed by atoms with E-state index in [4.69, 9.17) is 0 Å². The van der Waals surface area contributed by atoms with Crippen molar-refractivity contribution in [2.24, 2.45) is 11.3 Å². The summed E-state index contributed by atoms with van der Waals surface area (Å²) < 4.78 is 0. The van der Waals surface area contributed by atoms with E-state index in [0.29, 0.717) is 17.9 Å². The van der Waals surface area contributed by atoms with Crippen molar-refractivity contribution in [3.05, 3.63) is 0 Å². The SMILES string of the molecule is CC(C)C1(C(=O)NC2CCN(C3CC3)CC2)CCNC1. The molecule has 20 heavy (non-hydrogen) atoms. The first kappa shape index (κ1) is 14.3. The predicted octanol–water partition coefficient (Wildman–Crippen LogP) is 1.37. The molecule has 1 aliphatic carbocycles. The highest BCUT2D eigenvalue weighted by Crippen LogP contribution is 2.35. The molecule has 2 aliphatic heterocycles. The van der Waals surface area contributed by atoms with Gasteiger partial charge < -0.3 is 15.5 Å². The van der Waals surface area contributed by atoms with E-state index in [1.807, 2.05) is 0 Å². The Morgan fingerprint density at radius 1 is 1.25 bits per heavy atom. The topological polar surface area (TPSA) is 44.4 Å². The van der Waals surface area contributed by atoms with Crippen LogP contribution in [-0.2, 0) is 4.79 Å². The average molecular weight is 279 g/mol. The Morgan fingerprint density at radius 3 is 2.45 bits per heavy atom. The van der Waals surface area contributed by atoms with Gasteiger partial charge in [0.25, 0.3) is 0 Å². The number of carbonyl (C=O) groups excluding carboxylic acids is 1. The molecule has 3 rings (SSSR count). The van der Waals surface area contributed by atoms with Crippen LogP contribution >= 0.6 is 0 Å². The summed E-state index contributed by atoms with van der Waals surface area (Å²) in [4.78, 5) is 15.3. The molecule has 3 aliphatic rings. The molecule has 0 aromatic carbocycles. The Morgan fingerprint density at radius 2 is 1.95 bits per heavy atom. The van der Waals surface area contributed by atoms with E-state index in [1.165, 1.54) is 25.9 Å². The lowest BCUT2D eigenvalue weighted by Crippen LogP contribution is -2.52. The molecule has 1 saturated carbocycles. The average Bonchev–Trinajstić information content (AvgIpc) is 3.16. The molecule has 3 fully saturated rings. The van der Waals surface area contributed by atoms with Crippen LogP contribution in [0.1, 0.15) is 46.0 Å². The highest BCUT2D eigenvalue weighted by atomic mass is 16.2. The number of carbonyl (C=O) groups is 1. The quantitative estimate of drug-likeness (QED) is 0.817. The van der Waals surface area contributed by atoms with Gasteiger partial charge in [-0.05, 0) is 44.6 Å². The molecule has 2 heterocycles. The van der Waals surface area contributed by atoms with Crippen molar-refractivity contribution in [2.45, 2.75) is 58.0 Å². The van der Waals surface area contributed by atoms with Crippen molar-refractivity contribution in [1.29, 1.82) is 0 Å². The monoisotopic (exact) mass is 279 g/mol. The predicted molar refractivity (Wildman–Crippen MR) is 80.5 cm³/mol. The molecule has 0 spiro atoms. The van der Waals surface area contributed by atoms with Crippen LogP contribution in [0, 0.1) is 11.3 Å². The van der Waals surface area contributed by atoms with Crippen molar-refractivity contribution >= 4 is 5.91 Å². The molecule has 1 atom stereocenters. The van der Waals surface area contributed by atoms with Crippen molar-refractivity contribution in [3.63, 3.8) is 0 Å². The Bertz CT molecular complexity index is 351. The van der Waals surface area contributed by atoms with Crippen molar-refractivity contribution < 1.29 is 4.79 Å². The Hall–Kier alpha value is -0.610. The summed E-state index contributed by atoms with van der Waals surface area (Å²) in [5, 5.41) is 6.73. The molecule has 0 bridgehead atoms. The lowest BCUT2D eigenvalue weighted by atomic mass is 9.75. The number of nitrogens with zero attached hydrogens (tertiary/aromatic N) is 1. The van der Waals surface area contributed by atoms with E-state index in [9.17, 15) is 4.79 Å². The normalized spacial score (nSPS) is 32.8. The van der Waals surface area contributed by atoms with Crippen LogP contribution in [0.3, 0.4) is 0 Å². The van der Waals surface area contributed by atoms with Crippen molar-refractivity contribution in [3.8, 4) is 0 Å². The first-order valence-electron chi connectivity index (χ1n) is 8.37. The summed E-state index contributed by atoms with van der Waals surface area (Å²) >= 11 is 0. The molecule has 0 radical (unpaired) electrons. The van der Waals surface area contributed by atoms with Gasteiger partial charge in [-0.25, -0.2) is 0 Å². The maximum absolute atomic E-state index is 12.7. The summed E-state index contributed by atoms with van der Waals surface area (Å²) in [5.74, 6) is 0.700. The number of rotatable bonds is 4. The zero-order valence-corrected chi connectivity index (χ0v) is 13.0. The van der Waals surface area contributed by atoms with E-state index >= 15 is 0 Å². The number of nitrogens with one attached hydrogen (secondary N) is 2. The Labute approximate surface area is 122 Å². The van der Waals surface area contributed by atoms with Gasteiger partial charge in [-0.15, -0.1) is 0 Å². The molecule has 4 heteroatoms. The largest absolute Gasteiger partial charge is 0.353 e. The van der Waals surface area contributed by atoms with Crippen LogP contribution in [0.5, 0.6) is 0 Å². The zero-order valence-electron chi connectivity index (χ0n) is 13.0. The third kappa shape index (κ3) is 2.73. The minimum absolute atomic E-state index is 0.173. The van der Waals surface area contributed by atoms with Crippen LogP contribution in [0.25, 0.3) is 0 Å². The van der Waals surface area contributed by atoms with Gasteiger partial charge in [0.05, 0.1) is 5.41 Å². The number of amides is 1. The van der Waals surface area contributed by atoms with Gasteiger partial charge in [-0.3, -0.25) is 4.79 Å². The van der Waals surface area contributed by atoms with Gasteiger partial charge in [0.1, 0.15) is 0 Å². The molecule has 4 nitrogen and oxygen atoms in total. The van der Waals surface area contributed by atoms with Gasteiger partial charge >= 0.3 is 0 Å². The van der Waals surface area contributed by atoms with E-state index < -0.39 is 0 Å². The summed E-state index contributed by atoms with van der Waals surface area (Å²) in [7, 11) is 0. The maximum Gasteiger partial charge on any atom is 0.228 e. The Balaban J connectivity index is 1.53. The smallest absolute Gasteiger partial charge is 0.228 e. The fourth-order valence-corrected chi connectivity index (χ4v) is 3.84. The number of hydrogen-bond acceptors (Lipinski definition) is 3. The summed E-state index contributed by atoms with van der Waals surface area (Å²) in [6.45, 7) is 8.53. The second-order valence-corrected chi connectivity index (χ2v) is 7.25. The molecule has 114 valence electrons. The van der Waals surface area contributed by atoms with Crippen molar-refractivity contribution in [1.82, 2.24) is 15.5 Å². The molecular formula is C16H29N3O. The summed E-state index contributed by atoms with van der Waals surface area (Å²) in [6, 6.07) is 1.27. The number of piperidine rings is 1. The van der Waals surface area contributed by atoms with Gasteiger partial charge in [-0.2, -0.15) is 0 Å². The van der Waals surface area contributed by atoms with E-state index in [-0.39, 0.29) is 5.41 Å². The van der Waals surface area contributed by atoms with Gasteiger partial charge in [0.2, 0.25) is 5.91 Å². The highest BCUT2D eigenvalue weighted by Gasteiger charge is 2.44. The number of likely N-dealkylation sites (tertiary alicyclic amines) is 1. The van der Waals surface area contributed by atoms with E-state index in [0.717, 1.165) is 38.4 Å². The lowest BCUT2D eigenvalue weighted by molar-refractivity contribution is -0.133. The molecule has 1 unspecified atom stereocenters. The number of hydrogen-bond donors (Lipinski definition) is 2. The summed E-state index contributed by atoms with van der Waals surface area (Å²) in [6.07, 6.45) is 6.02. The molecule has 0 aromatic rings. The molecule has 2 N–H and O–H groups in total. The minimum atomic E-state index is -0.173. The fraction of sp³-hybridized carbons (Fsp3) is 0.938. The zero-order chi connectivity index (χ0) is 14.2. The van der Waals surface area contributed by atoms with Crippen LogP contribution in [0.2, 0.25) is 0 Å². The lowest BCUT2D eigenvalue weighted by Gasteiger charge is -2.36. The van der Waals surface area contributed by atoms with E-state index in [2.05, 4.69) is 29.4 Å². The first-order valence-corrected chi connectivity index (χ1v) is 8.37. The minimum Gasteiger partial charge on any atom is -0.353 e. The molecular weight excluding hydrogens is 250 g/mol. The van der Waals surface area contributed by atoms with Gasteiger partial charge in [0.15, 0.2) is 0 Å². The molecule has 0 aromatic heterocycles. The fourth-order valence-electron chi connectivity index (χ4n) is 3.84. The molecule has 2 saturated heterocycles. The van der Waals surface area contributed by atoms with Gasteiger partial charge in [-0.1, -0.05) is 13.8 Å². The second kappa shape index (κ2) is 5.64. The first-order chi connectivity index (χ1) is 9.62. The van der Waals surface area contributed by atoms with Crippen LogP contribution in [-0.4, -0.2) is 49.1 Å².